The highest BCUT2D eigenvalue weighted by atomic mass is 32.2. The van der Waals surface area contributed by atoms with Gasteiger partial charge in [0.25, 0.3) is 0 Å². The molecule has 0 aromatic carbocycles. The van der Waals surface area contributed by atoms with Crippen molar-refractivity contribution in [3.63, 3.8) is 0 Å². The predicted molar refractivity (Wildman–Crippen MR) is 55.6 cm³/mol. The average Bonchev–Trinajstić information content (AvgIpc) is 2.15. The molecule has 1 spiro atoms. The molecule has 0 bridgehead atoms. The first-order valence-electron chi connectivity index (χ1n) is 5.27. The number of hydrogen-bond donors (Lipinski definition) is 1. The number of hydrogen-bond acceptors (Lipinski definition) is 3. The molecule has 0 atom stereocenters. The van der Waals surface area contributed by atoms with Crippen LogP contribution < -0.4 is 5.32 Å². The van der Waals surface area contributed by atoms with Gasteiger partial charge >= 0.3 is 0 Å². The van der Waals surface area contributed by atoms with Gasteiger partial charge in [-0.25, -0.2) is 12.7 Å². The molecule has 0 aromatic rings. The molecule has 0 radical (unpaired) electrons. The van der Waals surface area contributed by atoms with Gasteiger partial charge < -0.3 is 5.32 Å². The molecular weight excluding hydrogens is 200 g/mol. The van der Waals surface area contributed by atoms with Crippen molar-refractivity contribution in [1.82, 2.24) is 9.62 Å². The number of nitrogens with zero attached hydrogens (tertiary/aromatic N) is 1. The third-order valence-electron chi connectivity index (χ3n) is 3.45. The lowest BCUT2D eigenvalue weighted by Gasteiger charge is -2.51. The summed E-state index contributed by atoms with van der Waals surface area (Å²) in [5, 5.41) is 3.31. The summed E-state index contributed by atoms with van der Waals surface area (Å²) >= 11 is 0. The Hall–Kier alpha value is -0.130. The molecule has 0 aliphatic carbocycles. The number of piperidine rings is 1. The molecule has 4 nitrogen and oxygen atoms in total. The van der Waals surface area contributed by atoms with E-state index in [1.54, 1.807) is 11.2 Å². The fourth-order valence-corrected chi connectivity index (χ4v) is 3.66. The van der Waals surface area contributed by atoms with Gasteiger partial charge in [-0.15, -0.1) is 0 Å². The van der Waals surface area contributed by atoms with Gasteiger partial charge in [-0.1, -0.05) is 0 Å². The molecule has 0 saturated carbocycles. The molecule has 2 rings (SSSR count). The molecule has 2 heterocycles. The van der Waals surface area contributed by atoms with Gasteiger partial charge in [-0.05, 0) is 32.9 Å². The average molecular weight is 218 g/mol. The molecule has 14 heavy (non-hydrogen) atoms. The van der Waals surface area contributed by atoms with Gasteiger partial charge in [-0.2, -0.15) is 0 Å². The maximum Gasteiger partial charge on any atom is 0.213 e. The zero-order valence-corrected chi connectivity index (χ0v) is 9.44. The van der Waals surface area contributed by atoms with Crippen LogP contribution >= 0.6 is 0 Å². The first kappa shape index (κ1) is 10.4. The first-order valence-corrected chi connectivity index (χ1v) is 6.87. The van der Waals surface area contributed by atoms with Crippen LogP contribution in [0.2, 0.25) is 0 Å². The molecule has 0 aromatic heterocycles. The highest BCUT2D eigenvalue weighted by Gasteiger charge is 2.47. The molecule has 82 valence electrons. The molecule has 0 unspecified atom stereocenters. The minimum absolute atomic E-state index is 0.237. The van der Waals surface area contributed by atoms with Gasteiger partial charge in [0.15, 0.2) is 0 Å². The van der Waals surface area contributed by atoms with E-state index in [9.17, 15) is 8.42 Å². The normalized spacial score (nSPS) is 27.5. The molecule has 5 heteroatoms. The van der Waals surface area contributed by atoms with E-state index in [4.69, 9.17) is 0 Å². The van der Waals surface area contributed by atoms with Crippen molar-refractivity contribution in [3.8, 4) is 0 Å². The lowest BCUT2D eigenvalue weighted by atomic mass is 9.74. The van der Waals surface area contributed by atoms with Crippen LogP contribution in [0.3, 0.4) is 0 Å². The van der Waals surface area contributed by atoms with E-state index in [2.05, 4.69) is 5.32 Å². The molecule has 0 amide bonds. The molecule has 2 fully saturated rings. The third-order valence-corrected chi connectivity index (χ3v) is 5.22. The highest BCUT2D eigenvalue weighted by Crippen LogP contribution is 2.39. The summed E-state index contributed by atoms with van der Waals surface area (Å²) in [6, 6.07) is 0. The van der Waals surface area contributed by atoms with Crippen molar-refractivity contribution in [2.24, 2.45) is 5.41 Å². The minimum atomic E-state index is -2.92. The Bertz CT molecular complexity index is 299. The summed E-state index contributed by atoms with van der Waals surface area (Å²) in [5.74, 6) is 0.237. The predicted octanol–water partition coefficient (Wildman–Crippen LogP) is 0.0215. The minimum Gasteiger partial charge on any atom is -0.317 e. The van der Waals surface area contributed by atoms with Crippen LogP contribution in [0.15, 0.2) is 0 Å². The number of sulfonamides is 1. The van der Waals surface area contributed by atoms with E-state index in [1.807, 2.05) is 0 Å². The number of rotatable bonds is 2. The summed E-state index contributed by atoms with van der Waals surface area (Å²) < 4.78 is 24.7. The maximum absolute atomic E-state index is 11.5. The van der Waals surface area contributed by atoms with E-state index in [1.165, 1.54) is 0 Å². The lowest BCUT2D eigenvalue weighted by Crippen LogP contribution is -2.61. The Morgan fingerprint density at radius 2 is 1.86 bits per heavy atom. The van der Waals surface area contributed by atoms with Crippen LogP contribution in [0.25, 0.3) is 0 Å². The first-order chi connectivity index (χ1) is 6.58. The van der Waals surface area contributed by atoms with Crippen molar-refractivity contribution in [3.05, 3.63) is 0 Å². The topological polar surface area (TPSA) is 49.4 Å². The van der Waals surface area contributed by atoms with E-state index >= 15 is 0 Å². The van der Waals surface area contributed by atoms with E-state index < -0.39 is 10.0 Å². The fraction of sp³-hybridized carbons (Fsp3) is 1.00. The Morgan fingerprint density at radius 1 is 1.29 bits per heavy atom. The summed E-state index contributed by atoms with van der Waals surface area (Å²) in [6.45, 7) is 5.30. The summed E-state index contributed by atoms with van der Waals surface area (Å²) in [4.78, 5) is 0. The van der Waals surface area contributed by atoms with Gasteiger partial charge in [0.1, 0.15) is 0 Å². The summed E-state index contributed by atoms with van der Waals surface area (Å²) in [6.07, 6.45) is 2.26. The second-order valence-corrected chi connectivity index (χ2v) is 6.68. The second-order valence-electron chi connectivity index (χ2n) is 4.42. The zero-order valence-electron chi connectivity index (χ0n) is 8.62. The van der Waals surface area contributed by atoms with Crippen LogP contribution in [-0.2, 0) is 10.0 Å². The summed E-state index contributed by atoms with van der Waals surface area (Å²) in [7, 11) is -2.92. The monoisotopic (exact) mass is 218 g/mol. The van der Waals surface area contributed by atoms with E-state index in [-0.39, 0.29) is 5.75 Å². The Balaban J connectivity index is 1.95. The lowest BCUT2D eigenvalue weighted by molar-refractivity contribution is 0.0375. The summed E-state index contributed by atoms with van der Waals surface area (Å²) in [5.41, 5.74) is 0.313. The van der Waals surface area contributed by atoms with E-state index in [0.29, 0.717) is 5.41 Å². The van der Waals surface area contributed by atoms with Crippen LogP contribution in [0.4, 0.5) is 0 Å². The maximum atomic E-state index is 11.5. The van der Waals surface area contributed by atoms with Crippen molar-refractivity contribution in [2.75, 3.05) is 31.9 Å². The molecular formula is C9H18N2O2S. The van der Waals surface area contributed by atoms with E-state index in [0.717, 1.165) is 39.0 Å². The third kappa shape index (κ3) is 1.68. The second kappa shape index (κ2) is 3.47. The van der Waals surface area contributed by atoms with Gasteiger partial charge in [0, 0.05) is 18.5 Å². The molecule has 1 N–H and O–H groups in total. The van der Waals surface area contributed by atoms with Crippen molar-refractivity contribution in [1.29, 1.82) is 0 Å². The highest BCUT2D eigenvalue weighted by molar-refractivity contribution is 7.89. The Kier molecular flexibility index (Phi) is 2.57. The Labute approximate surface area is 85.7 Å². The molecule has 2 saturated heterocycles. The fourth-order valence-electron chi connectivity index (χ4n) is 2.35. The SMILES string of the molecule is CCS(=O)(=O)N1CC2(CCNCC2)C1. The number of nitrogens with one attached hydrogen (secondary N) is 1. The van der Waals surface area contributed by atoms with Crippen molar-refractivity contribution < 1.29 is 8.42 Å². The Morgan fingerprint density at radius 3 is 2.36 bits per heavy atom. The van der Waals surface area contributed by atoms with Crippen LogP contribution in [0.1, 0.15) is 19.8 Å². The van der Waals surface area contributed by atoms with Crippen molar-refractivity contribution in [2.45, 2.75) is 19.8 Å². The van der Waals surface area contributed by atoms with Crippen LogP contribution in [0.5, 0.6) is 0 Å². The van der Waals surface area contributed by atoms with Crippen molar-refractivity contribution >= 4 is 10.0 Å². The smallest absolute Gasteiger partial charge is 0.213 e. The largest absolute Gasteiger partial charge is 0.317 e. The zero-order chi connectivity index (χ0) is 10.2. The van der Waals surface area contributed by atoms with Gasteiger partial charge in [-0.3, -0.25) is 0 Å². The molecule has 2 aliphatic rings. The standard InChI is InChI=1S/C9H18N2O2S/c1-2-14(12,13)11-7-9(8-11)3-5-10-6-4-9/h10H,2-8H2,1H3. The van der Waals surface area contributed by atoms with Crippen LogP contribution in [-0.4, -0.2) is 44.7 Å². The van der Waals surface area contributed by atoms with Gasteiger partial charge in [0.05, 0.1) is 5.75 Å². The molecule has 2 aliphatic heterocycles. The van der Waals surface area contributed by atoms with Crippen LogP contribution in [0, 0.1) is 5.41 Å². The van der Waals surface area contributed by atoms with Gasteiger partial charge in [0.2, 0.25) is 10.0 Å². The quantitative estimate of drug-likeness (QED) is 0.711.